The molecule has 1 heterocycles. The molecule has 2 amide bonds. The van der Waals surface area contributed by atoms with Gasteiger partial charge < -0.3 is 25.6 Å². The minimum Gasteiger partial charge on any atom is -0.493 e. The largest absolute Gasteiger partial charge is 0.493 e. The van der Waals surface area contributed by atoms with Gasteiger partial charge in [-0.2, -0.15) is 0 Å². The molecular formula is C28H38N6O2. The van der Waals surface area contributed by atoms with Crippen LogP contribution in [-0.2, 0) is 0 Å². The van der Waals surface area contributed by atoms with Crippen LogP contribution in [0.4, 0.5) is 22.0 Å². The maximum atomic E-state index is 12.3. The fourth-order valence-corrected chi connectivity index (χ4v) is 4.62. The van der Waals surface area contributed by atoms with Crippen LogP contribution in [0.15, 0.2) is 48.8 Å². The Morgan fingerprint density at radius 2 is 1.75 bits per heavy atom. The average molecular weight is 491 g/mol. The maximum Gasteiger partial charge on any atom is 0.319 e. The van der Waals surface area contributed by atoms with E-state index in [1.54, 1.807) is 6.33 Å². The minimum atomic E-state index is -0.143. The average Bonchev–Trinajstić information content (AvgIpc) is 2.90. The number of hydrogen-bond acceptors (Lipinski definition) is 6. The summed E-state index contributed by atoms with van der Waals surface area (Å²) in [7, 11) is 0. The van der Waals surface area contributed by atoms with Crippen LogP contribution in [0.5, 0.6) is 5.75 Å². The molecule has 1 aromatic heterocycles. The lowest BCUT2D eigenvalue weighted by Crippen LogP contribution is -2.38. The quantitative estimate of drug-likeness (QED) is 0.288. The van der Waals surface area contributed by atoms with Crippen LogP contribution in [0.25, 0.3) is 10.9 Å². The molecule has 0 radical (unpaired) electrons. The summed E-state index contributed by atoms with van der Waals surface area (Å²) in [5.74, 6) is 1.54. The van der Waals surface area contributed by atoms with Gasteiger partial charge in [-0.25, -0.2) is 14.8 Å². The second kappa shape index (κ2) is 13.1. The Morgan fingerprint density at radius 3 is 2.50 bits per heavy atom. The molecule has 0 bridgehead atoms. The number of urea groups is 1. The molecule has 8 nitrogen and oxygen atoms in total. The highest BCUT2D eigenvalue weighted by molar-refractivity contribution is 5.92. The number of amides is 2. The van der Waals surface area contributed by atoms with Gasteiger partial charge in [0.05, 0.1) is 12.1 Å². The maximum absolute atomic E-state index is 12.3. The summed E-state index contributed by atoms with van der Waals surface area (Å²) in [5, 5.41) is 10.3. The predicted octanol–water partition coefficient (Wildman–Crippen LogP) is 5.94. The molecule has 0 unspecified atom stereocenters. The number of anilines is 3. The molecular weight excluding hydrogens is 452 g/mol. The smallest absolute Gasteiger partial charge is 0.319 e. The molecule has 0 spiro atoms. The van der Waals surface area contributed by atoms with E-state index in [0.717, 1.165) is 72.7 Å². The summed E-state index contributed by atoms with van der Waals surface area (Å²) < 4.78 is 5.96. The fraction of sp³-hybridized carbons (Fsp3) is 0.464. The first-order chi connectivity index (χ1) is 17.6. The lowest BCUT2D eigenvalue weighted by molar-refractivity contribution is 0.244. The van der Waals surface area contributed by atoms with Gasteiger partial charge in [-0.15, -0.1) is 0 Å². The van der Waals surface area contributed by atoms with E-state index >= 15 is 0 Å². The third-order valence-corrected chi connectivity index (χ3v) is 6.74. The Balaban J connectivity index is 1.32. The van der Waals surface area contributed by atoms with Gasteiger partial charge in [0.25, 0.3) is 0 Å². The molecule has 1 fully saturated rings. The molecule has 1 aliphatic carbocycles. The summed E-state index contributed by atoms with van der Waals surface area (Å²) in [4.78, 5) is 23.6. The van der Waals surface area contributed by atoms with E-state index in [4.69, 9.17) is 4.74 Å². The van der Waals surface area contributed by atoms with Crippen LogP contribution in [0.1, 0.15) is 52.4 Å². The van der Waals surface area contributed by atoms with Crippen molar-refractivity contribution < 1.29 is 9.53 Å². The number of nitrogens with zero attached hydrogens (tertiary/aromatic N) is 3. The third-order valence-electron chi connectivity index (χ3n) is 6.74. The number of ether oxygens (including phenoxy) is 1. The summed E-state index contributed by atoms with van der Waals surface area (Å²) >= 11 is 0. The Labute approximate surface area is 213 Å². The standard InChI is InChI=1S/C28H38N6O2/c1-3-34(4-2)17-8-18-36-24-15-16-25-26(19-24)29-20-30-27(25)31-22-11-13-23(14-12-22)33-28(35)32-21-9-6-5-7-10-21/h11-16,19-21H,3-10,17-18H2,1-2H3,(H,29,30,31)(H2,32,33,35). The van der Waals surface area contributed by atoms with Gasteiger partial charge >= 0.3 is 6.03 Å². The van der Waals surface area contributed by atoms with Crippen LogP contribution in [0.3, 0.4) is 0 Å². The minimum absolute atomic E-state index is 0.143. The van der Waals surface area contributed by atoms with E-state index in [1.165, 1.54) is 19.3 Å². The van der Waals surface area contributed by atoms with Gasteiger partial charge in [0.15, 0.2) is 0 Å². The number of rotatable bonds is 11. The summed E-state index contributed by atoms with van der Waals surface area (Å²) in [5.41, 5.74) is 2.46. The molecule has 0 aliphatic heterocycles. The second-order valence-electron chi connectivity index (χ2n) is 9.27. The first kappa shape index (κ1) is 25.7. The molecule has 4 rings (SSSR count). The van der Waals surface area contributed by atoms with Crippen molar-refractivity contribution in [3.63, 3.8) is 0 Å². The van der Waals surface area contributed by atoms with Gasteiger partial charge in [0.1, 0.15) is 17.9 Å². The van der Waals surface area contributed by atoms with Crippen molar-refractivity contribution in [1.29, 1.82) is 0 Å². The first-order valence-corrected chi connectivity index (χ1v) is 13.2. The van der Waals surface area contributed by atoms with Gasteiger partial charge in [-0.05, 0) is 68.8 Å². The van der Waals surface area contributed by atoms with Crippen LogP contribution < -0.4 is 20.7 Å². The number of benzene rings is 2. The number of carbonyl (C=O) groups is 1. The number of fused-ring (bicyclic) bond motifs is 1. The Kier molecular flexibility index (Phi) is 9.33. The van der Waals surface area contributed by atoms with E-state index in [0.29, 0.717) is 6.61 Å². The normalized spacial score (nSPS) is 14.1. The zero-order valence-corrected chi connectivity index (χ0v) is 21.4. The van der Waals surface area contributed by atoms with Crippen LogP contribution >= 0.6 is 0 Å². The van der Waals surface area contributed by atoms with Crippen molar-refractivity contribution in [3.05, 3.63) is 48.8 Å². The highest BCUT2D eigenvalue weighted by Crippen LogP contribution is 2.27. The van der Waals surface area contributed by atoms with Gasteiger partial charge in [0, 0.05) is 35.4 Å². The van der Waals surface area contributed by atoms with Crippen molar-refractivity contribution in [2.45, 2.75) is 58.4 Å². The lowest BCUT2D eigenvalue weighted by atomic mass is 9.96. The van der Waals surface area contributed by atoms with E-state index < -0.39 is 0 Å². The highest BCUT2D eigenvalue weighted by Gasteiger charge is 2.15. The van der Waals surface area contributed by atoms with Crippen molar-refractivity contribution in [3.8, 4) is 5.75 Å². The first-order valence-electron chi connectivity index (χ1n) is 13.2. The van der Waals surface area contributed by atoms with Crippen molar-refractivity contribution >= 4 is 34.1 Å². The van der Waals surface area contributed by atoms with Crippen molar-refractivity contribution in [1.82, 2.24) is 20.2 Å². The molecule has 3 aromatic rings. The van der Waals surface area contributed by atoms with Gasteiger partial charge in [-0.3, -0.25) is 0 Å². The molecule has 192 valence electrons. The Hall–Kier alpha value is -3.39. The highest BCUT2D eigenvalue weighted by atomic mass is 16.5. The van der Waals surface area contributed by atoms with Crippen molar-refractivity contribution in [2.75, 3.05) is 36.9 Å². The van der Waals surface area contributed by atoms with Crippen LogP contribution in [0.2, 0.25) is 0 Å². The molecule has 3 N–H and O–H groups in total. The SMILES string of the molecule is CCN(CC)CCCOc1ccc2c(Nc3ccc(NC(=O)NC4CCCCC4)cc3)ncnc2c1. The van der Waals surface area contributed by atoms with Crippen molar-refractivity contribution in [2.24, 2.45) is 0 Å². The number of hydrogen-bond donors (Lipinski definition) is 3. The van der Waals surface area contributed by atoms with Gasteiger partial charge in [0.2, 0.25) is 0 Å². The number of aromatic nitrogens is 2. The topological polar surface area (TPSA) is 91.4 Å². The number of nitrogens with one attached hydrogen (secondary N) is 3. The fourth-order valence-electron chi connectivity index (χ4n) is 4.62. The summed E-state index contributed by atoms with van der Waals surface area (Å²) in [6, 6.07) is 13.7. The second-order valence-corrected chi connectivity index (χ2v) is 9.27. The lowest BCUT2D eigenvalue weighted by Gasteiger charge is -2.22. The van der Waals surface area contributed by atoms with Crippen LogP contribution in [-0.4, -0.2) is 53.2 Å². The summed E-state index contributed by atoms with van der Waals surface area (Å²) in [6.45, 7) is 8.21. The monoisotopic (exact) mass is 490 g/mol. The zero-order valence-electron chi connectivity index (χ0n) is 21.4. The van der Waals surface area contributed by atoms with E-state index in [-0.39, 0.29) is 12.1 Å². The molecule has 0 saturated heterocycles. The van der Waals surface area contributed by atoms with Crippen LogP contribution in [0, 0.1) is 0 Å². The Morgan fingerprint density at radius 1 is 1.00 bits per heavy atom. The third kappa shape index (κ3) is 7.31. The number of carbonyl (C=O) groups excluding carboxylic acids is 1. The summed E-state index contributed by atoms with van der Waals surface area (Å²) in [6.07, 6.45) is 8.31. The van der Waals surface area contributed by atoms with E-state index in [2.05, 4.69) is 44.7 Å². The molecule has 1 saturated carbocycles. The van der Waals surface area contributed by atoms with E-state index in [9.17, 15) is 4.79 Å². The zero-order chi connectivity index (χ0) is 25.2. The molecule has 8 heteroatoms. The Bertz CT molecular complexity index is 1110. The molecule has 1 aliphatic rings. The van der Waals surface area contributed by atoms with Gasteiger partial charge in [-0.1, -0.05) is 33.1 Å². The predicted molar refractivity (Wildman–Crippen MR) is 146 cm³/mol. The van der Waals surface area contributed by atoms with E-state index in [1.807, 2.05) is 42.5 Å². The molecule has 36 heavy (non-hydrogen) atoms. The molecule has 0 atom stereocenters. The molecule has 2 aromatic carbocycles.